The van der Waals surface area contributed by atoms with Crippen molar-refractivity contribution in [2.24, 2.45) is 0 Å². The van der Waals surface area contributed by atoms with Gasteiger partial charge in [0, 0.05) is 58.1 Å². The first-order valence-corrected chi connectivity index (χ1v) is 10.2. The molecule has 0 unspecified atom stereocenters. The minimum Gasteiger partial charge on any atom is -0.379 e. The Morgan fingerprint density at radius 3 is 2.66 bits per heavy atom. The van der Waals surface area contributed by atoms with E-state index in [1.807, 2.05) is 30.0 Å². The lowest BCUT2D eigenvalue weighted by Gasteiger charge is -2.34. The van der Waals surface area contributed by atoms with E-state index in [1.54, 1.807) is 6.20 Å². The van der Waals surface area contributed by atoms with Crippen molar-refractivity contribution in [1.82, 2.24) is 24.8 Å². The maximum absolute atomic E-state index is 12.6. The number of pyridine rings is 1. The molecule has 2 fully saturated rings. The van der Waals surface area contributed by atoms with E-state index in [-0.39, 0.29) is 17.4 Å². The van der Waals surface area contributed by atoms with Gasteiger partial charge in [-0.25, -0.2) is 9.97 Å². The number of anilines is 1. The molecule has 9 heteroatoms. The molecule has 2 saturated heterocycles. The Balaban J connectivity index is 1.43. The highest BCUT2D eigenvalue weighted by Gasteiger charge is 2.26. The van der Waals surface area contributed by atoms with Crippen LogP contribution in [0.3, 0.4) is 0 Å². The van der Waals surface area contributed by atoms with E-state index in [0.717, 1.165) is 31.6 Å². The Bertz CT molecular complexity index is 929. The Morgan fingerprint density at radius 1 is 1.24 bits per heavy atom. The molecule has 4 rings (SSSR count). The van der Waals surface area contributed by atoms with Crippen LogP contribution in [0.1, 0.15) is 24.5 Å². The fourth-order valence-corrected chi connectivity index (χ4v) is 3.98. The molecule has 0 aliphatic carbocycles. The third-order valence-electron chi connectivity index (χ3n) is 5.75. The number of aromatic nitrogens is 3. The number of piperidine rings is 1. The van der Waals surface area contributed by atoms with Gasteiger partial charge in [-0.05, 0) is 18.9 Å². The molecule has 4 heterocycles. The van der Waals surface area contributed by atoms with Crippen LogP contribution in [-0.2, 0) is 9.53 Å². The summed E-state index contributed by atoms with van der Waals surface area (Å²) >= 11 is 0. The van der Waals surface area contributed by atoms with Gasteiger partial charge < -0.3 is 19.5 Å². The van der Waals surface area contributed by atoms with Gasteiger partial charge in [0.05, 0.1) is 30.7 Å². The second-order valence-electron chi connectivity index (χ2n) is 7.96. The summed E-state index contributed by atoms with van der Waals surface area (Å²) in [6.45, 7) is 4.91. The van der Waals surface area contributed by atoms with Gasteiger partial charge >= 0.3 is 0 Å². The summed E-state index contributed by atoms with van der Waals surface area (Å²) in [6, 6.07) is 1.96. The molecule has 29 heavy (non-hydrogen) atoms. The molecule has 156 valence electrons. The largest absolute Gasteiger partial charge is 0.379 e. The van der Waals surface area contributed by atoms with Gasteiger partial charge in [0.15, 0.2) is 0 Å². The monoisotopic (exact) mass is 400 g/mol. The lowest BCUT2D eigenvalue weighted by atomic mass is 9.92. The molecule has 2 aliphatic heterocycles. The SMILES string of the molecule is CN(C)c1ncc2c(=O)[nH]c(C3CCN(C(=O)CN4CCOCC4)CC3)cc2n1. The predicted molar refractivity (Wildman–Crippen MR) is 110 cm³/mol. The zero-order chi connectivity index (χ0) is 20.4. The zero-order valence-electron chi connectivity index (χ0n) is 17.1. The number of H-pyrrole nitrogens is 1. The van der Waals surface area contributed by atoms with E-state index in [2.05, 4.69) is 19.9 Å². The van der Waals surface area contributed by atoms with Gasteiger partial charge in [-0.3, -0.25) is 14.5 Å². The molecule has 1 amide bonds. The van der Waals surface area contributed by atoms with Gasteiger partial charge in [0.2, 0.25) is 11.9 Å². The number of ether oxygens (including phenoxy) is 1. The maximum atomic E-state index is 12.6. The van der Waals surface area contributed by atoms with Crippen LogP contribution in [0.15, 0.2) is 17.1 Å². The topological polar surface area (TPSA) is 94.7 Å². The average Bonchev–Trinajstić information content (AvgIpc) is 2.74. The second-order valence-corrected chi connectivity index (χ2v) is 7.96. The first-order chi connectivity index (χ1) is 14.0. The molecule has 0 aromatic carbocycles. The second kappa shape index (κ2) is 8.46. The first kappa shape index (κ1) is 19.8. The lowest BCUT2D eigenvalue weighted by molar-refractivity contribution is -0.134. The molecule has 1 N–H and O–H groups in total. The highest BCUT2D eigenvalue weighted by molar-refractivity contribution is 5.79. The Morgan fingerprint density at radius 2 is 1.97 bits per heavy atom. The summed E-state index contributed by atoms with van der Waals surface area (Å²) in [5.74, 6) is 0.982. The van der Waals surface area contributed by atoms with Crippen molar-refractivity contribution < 1.29 is 9.53 Å². The Hall–Kier alpha value is -2.52. The van der Waals surface area contributed by atoms with E-state index in [9.17, 15) is 9.59 Å². The lowest BCUT2D eigenvalue weighted by Crippen LogP contribution is -2.46. The smallest absolute Gasteiger partial charge is 0.259 e. The normalized spacial score (nSPS) is 18.9. The average molecular weight is 400 g/mol. The van der Waals surface area contributed by atoms with Crippen molar-refractivity contribution in [2.45, 2.75) is 18.8 Å². The summed E-state index contributed by atoms with van der Waals surface area (Å²) in [6.07, 6.45) is 3.25. The highest BCUT2D eigenvalue weighted by Crippen LogP contribution is 2.27. The number of aromatic amines is 1. The molecular formula is C20H28N6O3. The maximum Gasteiger partial charge on any atom is 0.259 e. The van der Waals surface area contributed by atoms with Crippen molar-refractivity contribution in [3.8, 4) is 0 Å². The van der Waals surface area contributed by atoms with E-state index in [4.69, 9.17) is 4.74 Å². The number of likely N-dealkylation sites (tertiary alicyclic amines) is 1. The first-order valence-electron chi connectivity index (χ1n) is 10.2. The molecule has 0 saturated carbocycles. The van der Waals surface area contributed by atoms with Crippen LogP contribution in [-0.4, -0.2) is 90.7 Å². The van der Waals surface area contributed by atoms with Crippen molar-refractivity contribution in [1.29, 1.82) is 0 Å². The summed E-state index contributed by atoms with van der Waals surface area (Å²) < 4.78 is 5.34. The number of carbonyl (C=O) groups is 1. The Kier molecular flexibility index (Phi) is 5.77. The van der Waals surface area contributed by atoms with E-state index in [1.165, 1.54) is 0 Å². The van der Waals surface area contributed by atoms with Gasteiger partial charge in [-0.1, -0.05) is 0 Å². The number of nitrogens with one attached hydrogen (secondary N) is 1. The van der Waals surface area contributed by atoms with Crippen LogP contribution in [0.4, 0.5) is 5.95 Å². The number of hydrogen-bond donors (Lipinski definition) is 1. The molecule has 2 aliphatic rings. The van der Waals surface area contributed by atoms with E-state index >= 15 is 0 Å². The molecule has 9 nitrogen and oxygen atoms in total. The fraction of sp³-hybridized carbons (Fsp3) is 0.600. The summed E-state index contributed by atoms with van der Waals surface area (Å²) in [5.41, 5.74) is 1.40. The highest BCUT2D eigenvalue weighted by atomic mass is 16.5. The number of rotatable bonds is 4. The minimum atomic E-state index is -0.159. The van der Waals surface area contributed by atoms with Gasteiger partial charge in [0.25, 0.3) is 5.56 Å². The van der Waals surface area contributed by atoms with Crippen molar-refractivity contribution in [2.75, 3.05) is 64.9 Å². The predicted octanol–water partition coefficient (Wildman–Crippen LogP) is 0.422. The molecule has 0 radical (unpaired) electrons. The van der Waals surface area contributed by atoms with Crippen LogP contribution < -0.4 is 10.5 Å². The third-order valence-corrected chi connectivity index (χ3v) is 5.75. The van der Waals surface area contributed by atoms with Crippen molar-refractivity contribution in [3.63, 3.8) is 0 Å². The van der Waals surface area contributed by atoms with Crippen LogP contribution in [0.5, 0.6) is 0 Å². The molecule has 0 atom stereocenters. The Labute approximate surface area is 169 Å². The molecule has 2 aromatic heterocycles. The van der Waals surface area contributed by atoms with Crippen LogP contribution in [0.2, 0.25) is 0 Å². The molecular weight excluding hydrogens is 372 g/mol. The van der Waals surface area contributed by atoms with Crippen molar-refractivity contribution in [3.05, 3.63) is 28.3 Å². The van der Waals surface area contributed by atoms with E-state index < -0.39 is 0 Å². The van der Waals surface area contributed by atoms with Crippen molar-refractivity contribution >= 4 is 22.8 Å². The van der Waals surface area contributed by atoms with Crippen LogP contribution >= 0.6 is 0 Å². The molecule has 0 spiro atoms. The number of hydrogen-bond acceptors (Lipinski definition) is 7. The van der Waals surface area contributed by atoms with Gasteiger partial charge in [-0.15, -0.1) is 0 Å². The number of carbonyl (C=O) groups excluding carboxylic acids is 1. The molecule has 2 aromatic rings. The van der Waals surface area contributed by atoms with Gasteiger partial charge in [0.1, 0.15) is 0 Å². The number of fused-ring (bicyclic) bond motifs is 1. The fourth-order valence-electron chi connectivity index (χ4n) is 3.98. The summed E-state index contributed by atoms with van der Waals surface area (Å²) in [5, 5.41) is 0.498. The molecule has 0 bridgehead atoms. The number of amides is 1. The minimum absolute atomic E-state index is 0.159. The van der Waals surface area contributed by atoms with E-state index in [0.29, 0.717) is 49.7 Å². The summed E-state index contributed by atoms with van der Waals surface area (Å²) in [4.78, 5) is 42.7. The van der Waals surface area contributed by atoms with Gasteiger partial charge in [-0.2, -0.15) is 0 Å². The van der Waals surface area contributed by atoms with Crippen LogP contribution in [0.25, 0.3) is 10.9 Å². The third kappa shape index (κ3) is 4.40. The summed E-state index contributed by atoms with van der Waals surface area (Å²) in [7, 11) is 3.75. The quantitative estimate of drug-likeness (QED) is 0.795. The standard InChI is InChI=1S/C20H28N6O3/c1-24(2)20-21-12-15-17(23-20)11-16(22-19(15)28)14-3-5-26(6-4-14)18(27)13-25-7-9-29-10-8-25/h11-12,14H,3-10,13H2,1-2H3,(H,22,28). The number of nitrogens with zero attached hydrogens (tertiary/aromatic N) is 5. The number of morpholine rings is 1. The van der Waals surface area contributed by atoms with Crippen LogP contribution in [0, 0.1) is 0 Å². The zero-order valence-corrected chi connectivity index (χ0v) is 17.1.